The lowest BCUT2D eigenvalue weighted by Gasteiger charge is -2.26. The van der Waals surface area contributed by atoms with Crippen LogP contribution in [-0.2, 0) is 6.54 Å². The van der Waals surface area contributed by atoms with Gasteiger partial charge < -0.3 is 24.4 Å². The number of nitrogens with zero attached hydrogens (tertiary/aromatic N) is 1. The van der Waals surface area contributed by atoms with Gasteiger partial charge in [-0.25, -0.2) is 0 Å². The number of ether oxygens (including phenoxy) is 3. The summed E-state index contributed by atoms with van der Waals surface area (Å²) in [5.74, 6) is 1.05. The zero-order valence-corrected chi connectivity index (χ0v) is 17.7. The first-order valence-corrected chi connectivity index (χ1v) is 10.0. The highest BCUT2D eigenvalue weighted by atomic mass is 16.5. The highest BCUT2D eigenvalue weighted by Gasteiger charge is 2.19. The summed E-state index contributed by atoms with van der Waals surface area (Å²) in [4.78, 5) is 27.4. The SMILES string of the molecule is COc1cc(OC)c(C(=O)NCc2cccc(C(=O)N3CCCCC3)c2)cc1OC. The Balaban J connectivity index is 1.71. The molecular formula is C23H28N2O5. The molecule has 0 radical (unpaired) electrons. The summed E-state index contributed by atoms with van der Waals surface area (Å²) < 4.78 is 15.9. The lowest BCUT2D eigenvalue weighted by Crippen LogP contribution is -2.35. The van der Waals surface area contributed by atoms with Gasteiger partial charge in [0, 0.05) is 37.3 Å². The minimum absolute atomic E-state index is 0.0458. The molecule has 0 spiro atoms. The molecule has 1 saturated heterocycles. The number of hydrogen-bond acceptors (Lipinski definition) is 5. The molecule has 7 nitrogen and oxygen atoms in total. The maximum Gasteiger partial charge on any atom is 0.255 e. The van der Waals surface area contributed by atoms with Gasteiger partial charge >= 0.3 is 0 Å². The summed E-state index contributed by atoms with van der Waals surface area (Å²) in [6.45, 7) is 1.90. The van der Waals surface area contributed by atoms with E-state index in [2.05, 4.69) is 5.32 Å². The van der Waals surface area contributed by atoms with Crippen molar-refractivity contribution in [2.24, 2.45) is 0 Å². The largest absolute Gasteiger partial charge is 0.496 e. The van der Waals surface area contributed by atoms with E-state index in [-0.39, 0.29) is 18.4 Å². The number of likely N-dealkylation sites (tertiary alicyclic amines) is 1. The summed E-state index contributed by atoms with van der Waals surface area (Å²) in [6, 6.07) is 10.6. The molecule has 1 heterocycles. The van der Waals surface area contributed by atoms with E-state index in [4.69, 9.17) is 14.2 Å². The van der Waals surface area contributed by atoms with E-state index in [1.54, 1.807) is 12.1 Å². The molecule has 30 heavy (non-hydrogen) atoms. The van der Waals surface area contributed by atoms with Crippen LogP contribution >= 0.6 is 0 Å². The molecule has 1 fully saturated rings. The van der Waals surface area contributed by atoms with Gasteiger partial charge in [-0.1, -0.05) is 12.1 Å². The van der Waals surface area contributed by atoms with E-state index in [0.29, 0.717) is 28.4 Å². The van der Waals surface area contributed by atoms with Crippen LogP contribution in [-0.4, -0.2) is 51.1 Å². The van der Waals surface area contributed by atoms with Gasteiger partial charge in [0.2, 0.25) is 0 Å². The van der Waals surface area contributed by atoms with Gasteiger partial charge in [-0.05, 0) is 37.0 Å². The second-order valence-corrected chi connectivity index (χ2v) is 7.14. The number of carbonyl (C=O) groups excluding carboxylic acids is 2. The predicted octanol–water partition coefficient (Wildman–Crippen LogP) is 3.27. The molecule has 1 N–H and O–H groups in total. The first-order chi connectivity index (χ1) is 14.6. The average Bonchev–Trinajstić information content (AvgIpc) is 2.81. The maximum absolute atomic E-state index is 12.8. The molecular weight excluding hydrogens is 384 g/mol. The number of nitrogens with one attached hydrogen (secondary N) is 1. The van der Waals surface area contributed by atoms with Crippen molar-refractivity contribution in [1.82, 2.24) is 10.2 Å². The Bertz CT molecular complexity index is 906. The molecule has 2 aromatic rings. The summed E-state index contributed by atoms with van der Waals surface area (Å²) in [7, 11) is 4.53. The molecule has 160 valence electrons. The maximum atomic E-state index is 12.8. The summed E-state index contributed by atoms with van der Waals surface area (Å²) >= 11 is 0. The summed E-state index contributed by atoms with van der Waals surface area (Å²) in [5, 5.41) is 2.88. The van der Waals surface area contributed by atoms with E-state index in [9.17, 15) is 9.59 Å². The number of piperidine rings is 1. The van der Waals surface area contributed by atoms with Crippen LogP contribution in [0.25, 0.3) is 0 Å². The first-order valence-electron chi connectivity index (χ1n) is 10.0. The number of rotatable bonds is 7. The van der Waals surface area contributed by atoms with Gasteiger partial charge in [-0.3, -0.25) is 9.59 Å². The predicted molar refractivity (Wildman–Crippen MR) is 113 cm³/mol. The molecule has 1 aliphatic heterocycles. The fourth-order valence-electron chi connectivity index (χ4n) is 3.58. The Hall–Kier alpha value is -3.22. The van der Waals surface area contributed by atoms with Crippen molar-refractivity contribution in [3.63, 3.8) is 0 Å². The van der Waals surface area contributed by atoms with Crippen LogP contribution in [0.3, 0.4) is 0 Å². The van der Waals surface area contributed by atoms with Crippen molar-refractivity contribution < 1.29 is 23.8 Å². The van der Waals surface area contributed by atoms with Crippen LogP contribution in [0.2, 0.25) is 0 Å². The number of amides is 2. The van der Waals surface area contributed by atoms with Crippen LogP contribution in [0.5, 0.6) is 17.2 Å². The fourth-order valence-corrected chi connectivity index (χ4v) is 3.58. The monoisotopic (exact) mass is 412 g/mol. The van der Waals surface area contributed by atoms with Crippen LogP contribution in [0.1, 0.15) is 45.5 Å². The topological polar surface area (TPSA) is 77.1 Å². The molecule has 0 unspecified atom stereocenters. The molecule has 0 saturated carbocycles. The van der Waals surface area contributed by atoms with E-state index in [1.165, 1.54) is 27.8 Å². The molecule has 0 atom stereocenters. The Labute approximate surface area is 176 Å². The highest BCUT2D eigenvalue weighted by Crippen LogP contribution is 2.34. The van der Waals surface area contributed by atoms with Crippen molar-refractivity contribution in [2.75, 3.05) is 34.4 Å². The van der Waals surface area contributed by atoms with Gasteiger partial charge in [0.25, 0.3) is 11.8 Å². The fraction of sp³-hybridized carbons (Fsp3) is 0.391. The number of hydrogen-bond donors (Lipinski definition) is 1. The molecule has 1 aliphatic rings. The quantitative estimate of drug-likeness (QED) is 0.755. The number of carbonyl (C=O) groups is 2. The van der Waals surface area contributed by atoms with E-state index < -0.39 is 0 Å². The molecule has 2 amide bonds. The van der Waals surface area contributed by atoms with Crippen molar-refractivity contribution in [3.8, 4) is 17.2 Å². The minimum Gasteiger partial charge on any atom is -0.496 e. The first kappa shape index (κ1) is 21.5. The molecule has 7 heteroatoms. The lowest BCUT2D eigenvalue weighted by molar-refractivity contribution is 0.0724. The average molecular weight is 412 g/mol. The van der Waals surface area contributed by atoms with Crippen LogP contribution in [0.4, 0.5) is 0 Å². The van der Waals surface area contributed by atoms with Crippen molar-refractivity contribution in [1.29, 1.82) is 0 Å². The van der Waals surface area contributed by atoms with E-state index >= 15 is 0 Å². The normalized spacial score (nSPS) is 13.5. The molecule has 0 bridgehead atoms. The smallest absolute Gasteiger partial charge is 0.255 e. The van der Waals surface area contributed by atoms with Crippen LogP contribution in [0, 0.1) is 0 Å². The van der Waals surface area contributed by atoms with Crippen molar-refractivity contribution in [3.05, 3.63) is 53.1 Å². The Morgan fingerprint density at radius 2 is 1.57 bits per heavy atom. The van der Waals surface area contributed by atoms with Crippen molar-refractivity contribution in [2.45, 2.75) is 25.8 Å². The van der Waals surface area contributed by atoms with Gasteiger partial charge in [0.05, 0.1) is 26.9 Å². The Kier molecular flexibility index (Phi) is 7.17. The zero-order chi connectivity index (χ0) is 21.5. The van der Waals surface area contributed by atoms with Gasteiger partial charge in [-0.2, -0.15) is 0 Å². The van der Waals surface area contributed by atoms with Gasteiger partial charge in [0.1, 0.15) is 5.75 Å². The zero-order valence-electron chi connectivity index (χ0n) is 17.7. The second kappa shape index (κ2) is 10.0. The Morgan fingerprint density at radius 3 is 2.23 bits per heavy atom. The number of methoxy groups -OCH3 is 3. The van der Waals surface area contributed by atoms with Crippen LogP contribution < -0.4 is 19.5 Å². The lowest BCUT2D eigenvalue weighted by atomic mass is 10.1. The molecule has 0 aromatic heterocycles. The minimum atomic E-state index is -0.305. The summed E-state index contributed by atoms with van der Waals surface area (Å²) in [5.41, 5.74) is 1.84. The third kappa shape index (κ3) is 4.84. The molecule has 2 aromatic carbocycles. The van der Waals surface area contributed by atoms with E-state index in [1.807, 2.05) is 29.2 Å². The third-order valence-corrected chi connectivity index (χ3v) is 5.22. The number of benzene rings is 2. The van der Waals surface area contributed by atoms with Crippen LogP contribution in [0.15, 0.2) is 36.4 Å². The third-order valence-electron chi connectivity index (χ3n) is 5.22. The second-order valence-electron chi connectivity index (χ2n) is 7.14. The van der Waals surface area contributed by atoms with Gasteiger partial charge in [-0.15, -0.1) is 0 Å². The Morgan fingerprint density at radius 1 is 0.900 bits per heavy atom. The highest BCUT2D eigenvalue weighted by molar-refractivity contribution is 5.98. The van der Waals surface area contributed by atoms with Gasteiger partial charge in [0.15, 0.2) is 11.5 Å². The molecule has 3 rings (SSSR count). The van der Waals surface area contributed by atoms with E-state index in [0.717, 1.165) is 31.5 Å². The molecule has 0 aliphatic carbocycles. The van der Waals surface area contributed by atoms with Crippen molar-refractivity contribution >= 4 is 11.8 Å². The summed E-state index contributed by atoms with van der Waals surface area (Å²) in [6.07, 6.45) is 3.28. The standard InChI is InChI=1S/C23H28N2O5/c1-28-19-14-21(30-3)20(29-2)13-18(19)22(26)24-15-16-8-7-9-17(12-16)23(27)25-10-5-4-6-11-25/h7-9,12-14H,4-6,10-11,15H2,1-3H3,(H,24,26).